The van der Waals surface area contributed by atoms with Crippen molar-refractivity contribution in [3.05, 3.63) is 35.4 Å². The fraction of sp³-hybridized carbons (Fsp3) is 0.500. The van der Waals surface area contributed by atoms with E-state index in [2.05, 4.69) is 19.1 Å². The molecule has 0 bridgehead atoms. The number of aryl methyl sites for hydroxylation is 1. The van der Waals surface area contributed by atoms with Crippen LogP contribution in [0.5, 0.6) is 0 Å². The number of amides is 1. The van der Waals surface area contributed by atoms with Crippen molar-refractivity contribution in [3.8, 4) is 0 Å². The lowest BCUT2D eigenvalue weighted by atomic mass is 9.99. The Bertz CT molecular complexity index is 420. The van der Waals surface area contributed by atoms with Crippen LogP contribution in [-0.4, -0.2) is 23.4 Å². The molecule has 2 rings (SSSR count). The van der Waals surface area contributed by atoms with Gasteiger partial charge in [-0.2, -0.15) is 0 Å². The molecule has 1 amide bonds. The lowest BCUT2D eigenvalue weighted by Gasteiger charge is -2.27. The average molecular weight is 269 g/mol. The van der Waals surface area contributed by atoms with Crippen LogP contribution in [0.3, 0.4) is 0 Å². The van der Waals surface area contributed by atoms with E-state index in [1.165, 1.54) is 11.1 Å². The molecule has 1 aromatic carbocycles. The molecule has 100 valence electrons. The van der Waals surface area contributed by atoms with Crippen LogP contribution in [0.1, 0.15) is 36.9 Å². The Kier molecular flexibility index (Phi) is 5.17. The van der Waals surface area contributed by atoms with Crippen molar-refractivity contribution < 1.29 is 4.79 Å². The van der Waals surface area contributed by atoms with Crippen molar-refractivity contribution in [1.29, 1.82) is 0 Å². The average Bonchev–Trinajstić information content (AvgIpc) is 2.77. The summed E-state index contributed by atoms with van der Waals surface area (Å²) in [5.74, 6) is 0.0655. The minimum absolute atomic E-state index is 0. The molecule has 0 aromatic heterocycles. The first-order valence-electron chi connectivity index (χ1n) is 6.23. The Morgan fingerprint density at radius 1 is 1.44 bits per heavy atom. The Morgan fingerprint density at radius 2 is 2.11 bits per heavy atom. The van der Waals surface area contributed by atoms with Gasteiger partial charge in [-0.25, -0.2) is 0 Å². The third kappa shape index (κ3) is 2.85. The molecule has 1 aliphatic rings. The number of halogens is 1. The second kappa shape index (κ2) is 6.21. The van der Waals surface area contributed by atoms with E-state index in [4.69, 9.17) is 5.73 Å². The van der Waals surface area contributed by atoms with E-state index in [1.54, 1.807) is 6.92 Å². The number of carbonyl (C=O) groups is 1. The molecule has 18 heavy (non-hydrogen) atoms. The molecule has 1 heterocycles. The minimum Gasteiger partial charge on any atom is -0.334 e. The van der Waals surface area contributed by atoms with Crippen molar-refractivity contribution in [3.63, 3.8) is 0 Å². The Morgan fingerprint density at radius 3 is 2.72 bits per heavy atom. The molecule has 1 aliphatic heterocycles. The lowest BCUT2D eigenvalue weighted by Crippen LogP contribution is -2.41. The van der Waals surface area contributed by atoms with Crippen molar-refractivity contribution in [2.75, 3.05) is 6.54 Å². The zero-order valence-corrected chi connectivity index (χ0v) is 11.7. The van der Waals surface area contributed by atoms with E-state index in [-0.39, 0.29) is 24.4 Å². The summed E-state index contributed by atoms with van der Waals surface area (Å²) in [5.41, 5.74) is 8.22. The minimum atomic E-state index is -0.403. The third-order valence-electron chi connectivity index (χ3n) is 3.47. The van der Waals surface area contributed by atoms with Crippen LogP contribution in [0, 0.1) is 6.92 Å². The quantitative estimate of drug-likeness (QED) is 0.895. The smallest absolute Gasteiger partial charge is 0.239 e. The number of rotatable bonds is 2. The van der Waals surface area contributed by atoms with Gasteiger partial charge in [0.2, 0.25) is 5.91 Å². The topological polar surface area (TPSA) is 46.3 Å². The fourth-order valence-corrected chi connectivity index (χ4v) is 2.58. The largest absolute Gasteiger partial charge is 0.334 e. The fourth-order valence-electron chi connectivity index (χ4n) is 2.58. The van der Waals surface area contributed by atoms with Crippen LogP contribution in [0.25, 0.3) is 0 Å². The normalized spacial score (nSPS) is 20.4. The maximum absolute atomic E-state index is 12.0. The molecular weight excluding hydrogens is 248 g/mol. The summed E-state index contributed by atoms with van der Waals surface area (Å²) in [5, 5.41) is 0. The summed E-state index contributed by atoms with van der Waals surface area (Å²) >= 11 is 0. The van der Waals surface area contributed by atoms with E-state index < -0.39 is 6.04 Å². The second-order valence-electron chi connectivity index (χ2n) is 4.83. The van der Waals surface area contributed by atoms with Gasteiger partial charge in [-0.1, -0.05) is 24.3 Å². The number of nitrogens with zero attached hydrogens (tertiary/aromatic N) is 1. The zero-order chi connectivity index (χ0) is 12.4. The Labute approximate surface area is 115 Å². The first kappa shape index (κ1) is 15.0. The second-order valence-corrected chi connectivity index (χ2v) is 4.83. The standard InChI is InChI=1S/C14H20N2O.ClH/c1-10-6-3-4-7-12(10)13-8-5-9-16(13)14(17)11(2)15;/h3-4,6-7,11,13H,5,8-9,15H2,1-2H3;1H/t11-,13?;/m0./s1. The summed E-state index contributed by atoms with van der Waals surface area (Å²) in [6, 6.07) is 8.10. The van der Waals surface area contributed by atoms with Gasteiger partial charge >= 0.3 is 0 Å². The number of carbonyl (C=O) groups excluding carboxylic acids is 1. The SMILES string of the molecule is Cc1ccccc1C1CCCN1C(=O)[C@H](C)N.Cl. The van der Waals surface area contributed by atoms with Crippen LogP contribution in [0.4, 0.5) is 0 Å². The molecule has 1 unspecified atom stereocenters. The number of hydrogen-bond donors (Lipinski definition) is 1. The summed E-state index contributed by atoms with van der Waals surface area (Å²) in [4.78, 5) is 14.0. The molecule has 1 aromatic rings. The van der Waals surface area contributed by atoms with Crippen molar-refractivity contribution in [2.45, 2.75) is 38.8 Å². The molecule has 0 aliphatic carbocycles. The predicted molar refractivity (Wildman–Crippen MR) is 75.8 cm³/mol. The van der Waals surface area contributed by atoms with Crippen molar-refractivity contribution in [1.82, 2.24) is 4.90 Å². The Hall–Kier alpha value is -1.06. The number of nitrogens with two attached hydrogens (primary N) is 1. The molecule has 1 fully saturated rings. The molecule has 0 saturated carbocycles. The highest BCUT2D eigenvalue weighted by Gasteiger charge is 2.31. The van der Waals surface area contributed by atoms with Gasteiger partial charge in [0.1, 0.15) is 0 Å². The number of likely N-dealkylation sites (tertiary alicyclic amines) is 1. The summed E-state index contributed by atoms with van der Waals surface area (Å²) in [6.07, 6.45) is 2.11. The highest BCUT2D eigenvalue weighted by molar-refractivity contribution is 5.85. The maximum Gasteiger partial charge on any atom is 0.239 e. The lowest BCUT2D eigenvalue weighted by molar-refractivity contribution is -0.133. The highest BCUT2D eigenvalue weighted by Crippen LogP contribution is 2.33. The molecule has 0 radical (unpaired) electrons. The van der Waals surface area contributed by atoms with E-state index in [1.807, 2.05) is 17.0 Å². The summed E-state index contributed by atoms with van der Waals surface area (Å²) in [7, 11) is 0. The highest BCUT2D eigenvalue weighted by atomic mass is 35.5. The molecule has 0 spiro atoms. The van der Waals surface area contributed by atoms with E-state index in [0.29, 0.717) is 0 Å². The Balaban J connectivity index is 0.00000162. The van der Waals surface area contributed by atoms with Gasteiger partial charge in [-0.3, -0.25) is 4.79 Å². The zero-order valence-electron chi connectivity index (χ0n) is 10.9. The molecule has 2 atom stereocenters. The number of benzene rings is 1. The van der Waals surface area contributed by atoms with Gasteiger partial charge in [0.15, 0.2) is 0 Å². The van der Waals surface area contributed by atoms with E-state index >= 15 is 0 Å². The summed E-state index contributed by atoms with van der Waals surface area (Å²) in [6.45, 7) is 4.69. The van der Waals surface area contributed by atoms with Gasteiger partial charge in [-0.05, 0) is 37.8 Å². The van der Waals surface area contributed by atoms with E-state index in [9.17, 15) is 4.79 Å². The molecule has 4 heteroatoms. The number of hydrogen-bond acceptors (Lipinski definition) is 2. The van der Waals surface area contributed by atoms with Crippen LogP contribution >= 0.6 is 12.4 Å². The van der Waals surface area contributed by atoms with Crippen LogP contribution in [-0.2, 0) is 4.79 Å². The van der Waals surface area contributed by atoms with Crippen LogP contribution in [0.15, 0.2) is 24.3 Å². The molecule has 3 nitrogen and oxygen atoms in total. The third-order valence-corrected chi connectivity index (χ3v) is 3.47. The monoisotopic (exact) mass is 268 g/mol. The molecule has 1 saturated heterocycles. The molecule has 2 N–H and O–H groups in total. The van der Waals surface area contributed by atoms with Gasteiger partial charge < -0.3 is 10.6 Å². The first-order chi connectivity index (χ1) is 8.11. The van der Waals surface area contributed by atoms with Gasteiger partial charge in [0.25, 0.3) is 0 Å². The molecular formula is C14H21ClN2O. The van der Waals surface area contributed by atoms with Gasteiger partial charge in [-0.15, -0.1) is 12.4 Å². The maximum atomic E-state index is 12.0. The van der Waals surface area contributed by atoms with Crippen molar-refractivity contribution in [2.24, 2.45) is 5.73 Å². The van der Waals surface area contributed by atoms with Crippen molar-refractivity contribution >= 4 is 18.3 Å². The van der Waals surface area contributed by atoms with E-state index in [0.717, 1.165) is 19.4 Å². The van der Waals surface area contributed by atoms with Crippen LogP contribution < -0.4 is 5.73 Å². The summed E-state index contributed by atoms with van der Waals surface area (Å²) < 4.78 is 0. The van der Waals surface area contributed by atoms with Gasteiger partial charge in [0.05, 0.1) is 12.1 Å². The van der Waals surface area contributed by atoms with Crippen LogP contribution in [0.2, 0.25) is 0 Å². The first-order valence-corrected chi connectivity index (χ1v) is 6.23. The predicted octanol–water partition coefficient (Wildman–Crippen LogP) is 2.43. The van der Waals surface area contributed by atoms with Gasteiger partial charge in [0, 0.05) is 6.54 Å².